The maximum Gasteiger partial charge on any atom is 0.237 e. The SMILES string of the molecule is CCC(C)C(N)C(=O)NC[C@H](CC)C(=O)NC[C@H](O)CC(C1CCCCC1)[PH](=O)O. The van der Waals surface area contributed by atoms with Gasteiger partial charge in [0.1, 0.15) is 0 Å². The fraction of sp³-hybridized carbons (Fsp3) is 0.905. The highest BCUT2D eigenvalue weighted by Gasteiger charge is 2.30. The van der Waals surface area contributed by atoms with Crippen molar-refractivity contribution in [3.63, 3.8) is 0 Å². The summed E-state index contributed by atoms with van der Waals surface area (Å²) in [7, 11) is -2.74. The number of aliphatic hydroxyl groups is 1. The molecule has 30 heavy (non-hydrogen) atoms. The molecule has 4 unspecified atom stereocenters. The van der Waals surface area contributed by atoms with Crippen LogP contribution in [0.3, 0.4) is 0 Å². The highest BCUT2D eigenvalue weighted by atomic mass is 31.1. The minimum Gasteiger partial charge on any atom is -0.391 e. The Balaban J connectivity index is 2.47. The van der Waals surface area contributed by atoms with Crippen LogP contribution in [0.15, 0.2) is 0 Å². The first-order chi connectivity index (χ1) is 14.2. The molecule has 0 aromatic heterocycles. The molecule has 0 aromatic carbocycles. The van der Waals surface area contributed by atoms with Gasteiger partial charge in [0.05, 0.1) is 18.1 Å². The summed E-state index contributed by atoms with van der Waals surface area (Å²) in [6, 6.07) is -0.601. The molecule has 1 aliphatic carbocycles. The molecular formula is C21H42N3O5P. The van der Waals surface area contributed by atoms with Crippen LogP contribution in [0.5, 0.6) is 0 Å². The smallest absolute Gasteiger partial charge is 0.237 e. The van der Waals surface area contributed by atoms with Gasteiger partial charge in [0.2, 0.25) is 11.8 Å². The van der Waals surface area contributed by atoms with Gasteiger partial charge in [-0.3, -0.25) is 14.2 Å². The molecule has 0 radical (unpaired) electrons. The molecule has 1 aliphatic rings. The maximum atomic E-state index is 12.5. The van der Waals surface area contributed by atoms with Crippen molar-refractivity contribution in [3.05, 3.63) is 0 Å². The molecule has 9 heteroatoms. The second kappa shape index (κ2) is 14.2. The lowest BCUT2D eigenvalue weighted by molar-refractivity contribution is -0.126. The maximum absolute atomic E-state index is 12.5. The summed E-state index contributed by atoms with van der Waals surface area (Å²) in [6.45, 7) is 5.97. The number of nitrogens with one attached hydrogen (secondary N) is 2. The van der Waals surface area contributed by atoms with Gasteiger partial charge in [-0.1, -0.05) is 46.5 Å². The molecule has 1 fully saturated rings. The standard InChI is InChI=1S/C21H42N3O5P/c1-4-14(3)19(22)21(27)23-12-15(5-2)20(26)24-13-17(25)11-18(30(28)29)16-9-7-6-8-10-16/h14-19,25,30H,4-13,22H2,1-3H3,(H,23,27)(H,24,26)(H,28,29)/t14?,15-,17+,18?,19?/m0/s1. The Hall–Kier alpha value is -0.950. The Kier molecular flexibility index (Phi) is 12.8. The predicted molar refractivity (Wildman–Crippen MR) is 119 cm³/mol. The van der Waals surface area contributed by atoms with Crippen LogP contribution in [0.2, 0.25) is 0 Å². The average Bonchev–Trinajstić information content (AvgIpc) is 2.75. The Morgan fingerprint density at radius 3 is 2.20 bits per heavy atom. The molecule has 0 bridgehead atoms. The first-order valence-corrected chi connectivity index (χ1v) is 12.9. The molecule has 0 saturated heterocycles. The van der Waals surface area contributed by atoms with Crippen LogP contribution < -0.4 is 16.4 Å². The number of amides is 2. The zero-order valence-electron chi connectivity index (χ0n) is 18.7. The predicted octanol–water partition coefficient (Wildman–Crippen LogP) is 1.79. The molecule has 1 rings (SSSR count). The lowest BCUT2D eigenvalue weighted by Gasteiger charge is -2.30. The van der Waals surface area contributed by atoms with E-state index in [0.29, 0.717) is 6.42 Å². The Labute approximate surface area is 181 Å². The molecule has 0 aliphatic heterocycles. The number of aliphatic hydroxyl groups excluding tert-OH is 1. The minimum atomic E-state index is -2.74. The molecule has 6 atom stereocenters. The first kappa shape index (κ1) is 27.1. The fourth-order valence-electron chi connectivity index (χ4n) is 4.05. The lowest BCUT2D eigenvalue weighted by Crippen LogP contribution is -2.48. The van der Waals surface area contributed by atoms with Gasteiger partial charge < -0.3 is 26.4 Å². The van der Waals surface area contributed by atoms with Gasteiger partial charge in [-0.2, -0.15) is 0 Å². The van der Waals surface area contributed by atoms with Crippen LogP contribution in [0.4, 0.5) is 0 Å². The van der Waals surface area contributed by atoms with Crippen LogP contribution >= 0.6 is 8.03 Å². The highest BCUT2D eigenvalue weighted by molar-refractivity contribution is 7.38. The summed E-state index contributed by atoms with van der Waals surface area (Å²) in [5, 5.41) is 15.8. The van der Waals surface area contributed by atoms with Gasteiger partial charge in [-0.05, 0) is 37.5 Å². The second-order valence-corrected chi connectivity index (χ2v) is 10.2. The van der Waals surface area contributed by atoms with E-state index >= 15 is 0 Å². The molecule has 176 valence electrons. The van der Waals surface area contributed by atoms with Gasteiger partial charge in [-0.25, -0.2) is 0 Å². The van der Waals surface area contributed by atoms with Crippen molar-refractivity contribution in [1.82, 2.24) is 10.6 Å². The van der Waals surface area contributed by atoms with Crippen molar-refractivity contribution >= 4 is 19.8 Å². The number of hydrogen-bond donors (Lipinski definition) is 5. The van der Waals surface area contributed by atoms with Crippen molar-refractivity contribution in [2.24, 2.45) is 23.5 Å². The van der Waals surface area contributed by atoms with E-state index in [4.69, 9.17) is 5.73 Å². The average molecular weight is 448 g/mol. The van der Waals surface area contributed by atoms with Crippen molar-refractivity contribution in [3.8, 4) is 0 Å². The van der Waals surface area contributed by atoms with Crippen LogP contribution in [-0.2, 0) is 14.2 Å². The van der Waals surface area contributed by atoms with Crippen LogP contribution in [0, 0.1) is 17.8 Å². The van der Waals surface area contributed by atoms with Crippen molar-refractivity contribution in [1.29, 1.82) is 0 Å². The topological polar surface area (TPSA) is 142 Å². The van der Waals surface area contributed by atoms with Gasteiger partial charge in [0.25, 0.3) is 0 Å². The van der Waals surface area contributed by atoms with E-state index in [0.717, 1.165) is 38.5 Å². The van der Waals surface area contributed by atoms with Crippen molar-refractivity contribution in [2.45, 2.75) is 89.9 Å². The third-order valence-corrected chi connectivity index (χ3v) is 7.86. The van der Waals surface area contributed by atoms with E-state index in [2.05, 4.69) is 10.6 Å². The normalized spacial score (nSPS) is 21.1. The quantitative estimate of drug-likeness (QED) is 0.273. The number of carbonyl (C=O) groups is 2. The van der Waals surface area contributed by atoms with Gasteiger partial charge >= 0.3 is 0 Å². The van der Waals surface area contributed by atoms with Gasteiger partial charge in [-0.15, -0.1) is 0 Å². The summed E-state index contributed by atoms with van der Waals surface area (Å²) in [5.74, 6) is -0.700. The number of carbonyl (C=O) groups excluding carboxylic acids is 2. The summed E-state index contributed by atoms with van der Waals surface area (Å²) in [5.41, 5.74) is 5.52. The minimum absolute atomic E-state index is 0.0357. The van der Waals surface area contributed by atoms with Crippen LogP contribution in [-0.4, -0.2) is 52.7 Å². The van der Waals surface area contributed by atoms with E-state index < -0.39 is 31.8 Å². The molecule has 8 nitrogen and oxygen atoms in total. The van der Waals surface area contributed by atoms with Crippen molar-refractivity contribution < 1.29 is 24.2 Å². The van der Waals surface area contributed by atoms with E-state index in [1.54, 1.807) is 0 Å². The largest absolute Gasteiger partial charge is 0.391 e. The summed E-state index contributed by atoms with van der Waals surface area (Å²) in [4.78, 5) is 34.3. The number of nitrogens with two attached hydrogens (primary N) is 1. The Morgan fingerprint density at radius 2 is 1.67 bits per heavy atom. The summed E-state index contributed by atoms with van der Waals surface area (Å²) >= 11 is 0. The van der Waals surface area contributed by atoms with E-state index in [9.17, 15) is 24.2 Å². The van der Waals surface area contributed by atoms with Gasteiger partial charge in [0.15, 0.2) is 8.03 Å². The molecule has 0 heterocycles. The lowest BCUT2D eigenvalue weighted by atomic mass is 9.85. The summed E-state index contributed by atoms with van der Waals surface area (Å²) in [6.07, 6.45) is 5.83. The Morgan fingerprint density at radius 1 is 1.07 bits per heavy atom. The third kappa shape index (κ3) is 9.04. The van der Waals surface area contributed by atoms with Gasteiger partial charge in [0, 0.05) is 18.7 Å². The van der Waals surface area contributed by atoms with Crippen molar-refractivity contribution in [2.75, 3.05) is 13.1 Å². The van der Waals surface area contributed by atoms with E-state index in [-0.39, 0.29) is 43.2 Å². The van der Waals surface area contributed by atoms with Crippen LogP contribution in [0.25, 0.3) is 0 Å². The third-order valence-electron chi connectivity index (χ3n) is 6.52. The second-order valence-electron chi connectivity index (χ2n) is 8.74. The molecule has 1 saturated carbocycles. The van der Waals surface area contributed by atoms with E-state index in [1.807, 2.05) is 20.8 Å². The Bertz CT molecular complexity index is 557. The zero-order valence-corrected chi connectivity index (χ0v) is 19.7. The molecule has 0 spiro atoms. The molecule has 0 aromatic rings. The highest BCUT2D eigenvalue weighted by Crippen LogP contribution is 2.40. The molecular weight excluding hydrogens is 405 g/mol. The molecule has 2 amide bonds. The monoisotopic (exact) mass is 447 g/mol. The number of rotatable bonds is 13. The van der Waals surface area contributed by atoms with Crippen LogP contribution in [0.1, 0.15) is 72.1 Å². The summed E-state index contributed by atoms with van der Waals surface area (Å²) < 4.78 is 11.8. The zero-order chi connectivity index (χ0) is 22.7. The fourth-order valence-corrected chi connectivity index (χ4v) is 5.26. The number of hydrogen-bond acceptors (Lipinski definition) is 5. The van der Waals surface area contributed by atoms with E-state index in [1.165, 1.54) is 0 Å². The molecule has 6 N–H and O–H groups in total. The first-order valence-electron chi connectivity index (χ1n) is 11.4.